The van der Waals surface area contributed by atoms with Crippen molar-refractivity contribution in [2.75, 3.05) is 18.1 Å². The number of sulfonamides is 1. The Morgan fingerprint density at radius 3 is 2.55 bits per heavy atom. The topological polar surface area (TPSA) is 66.5 Å². The zero-order valence-electron chi connectivity index (χ0n) is 12.8. The SMILES string of the molecule is Cc1cc(Cl)ccc1NC(=O)CN(C1CCCC1)S(C)(=O)=O. The number of anilines is 1. The standard InChI is InChI=1S/C15H21ClN2O3S/c1-11-9-12(16)7-8-14(11)17-15(19)10-18(22(2,20)21)13-5-3-4-6-13/h7-9,13H,3-6,10H2,1-2H3,(H,17,19). The molecule has 2 rings (SSSR count). The Morgan fingerprint density at radius 1 is 1.36 bits per heavy atom. The summed E-state index contributed by atoms with van der Waals surface area (Å²) < 4.78 is 25.2. The first kappa shape index (κ1) is 17.2. The Hall–Kier alpha value is -1.11. The van der Waals surface area contributed by atoms with Crippen molar-refractivity contribution >= 4 is 33.2 Å². The zero-order chi connectivity index (χ0) is 16.3. The summed E-state index contributed by atoms with van der Waals surface area (Å²) in [4.78, 5) is 12.2. The maximum absolute atomic E-state index is 12.2. The van der Waals surface area contributed by atoms with Crippen LogP contribution in [-0.2, 0) is 14.8 Å². The van der Waals surface area contributed by atoms with Crippen molar-refractivity contribution in [3.8, 4) is 0 Å². The average molecular weight is 345 g/mol. The van der Waals surface area contributed by atoms with Crippen LogP contribution in [0, 0.1) is 6.92 Å². The van der Waals surface area contributed by atoms with Crippen LogP contribution in [0.25, 0.3) is 0 Å². The second-order valence-corrected chi connectivity index (χ2v) is 8.13. The molecule has 122 valence electrons. The second kappa shape index (κ2) is 6.98. The lowest BCUT2D eigenvalue weighted by Gasteiger charge is -2.25. The number of nitrogens with zero attached hydrogens (tertiary/aromatic N) is 1. The van der Waals surface area contributed by atoms with E-state index in [1.165, 1.54) is 4.31 Å². The first-order valence-electron chi connectivity index (χ1n) is 7.30. The highest BCUT2D eigenvalue weighted by molar-refractivity contribution is 7.88. The lowest BCUT2D eigenvalue weighted by atomic mass is 10.2. The summed E-state index contributed by atoms with van der Waals surface area (Å²) in [7, 11) is -3.40. The number of carbonyl (C=O) groups excluding carboxylic acids is 1. The predicted molar refractivity (Wildman–Crippen MR) is 88.6 cm³/mol. The summed E-state index contributed by atoms with van der Waals surface area (Å²) >= 11 is 5.88. The maximum atomic E-state index is 12.2. The number of carbonyl (C=O) groups is 1. The highest BCUT2D eigenvalue weighted by Gasteiger charge is 2.30. The molecule has 0 bridgehead atoms. The van der Waals surface area contributed by atoms with Gasteiger partial charge in [-0.1, -0.05) is 24.4 Å². The lowest BCUT2D eigenvalue weighted by Crippen LogP contribution is -2.43. The largest absolute Gasteiger partial charge is 0.325 e. The Morgan fingerprint density at radius 2 is 2.00 bits per heavy atom. The molecule has 1 aromatic rings. The monoisotopic (exact) mass is 344 g/mol. The molecule has 1 aromatic carbocycles. The lowest BCUT2D eigenvalue weighted by molar-refractivity contribution is -0.116. The zero-order valence-corrected chi connectivity index (χ0v) is 14.4. The van der Waals surface area contributed by atoms with E-state index in [2.05, 4.69) is 5.32 Å². The van der Waals surface area contributed by atoms with Crippen LogP contribution in [0.5, 0.6) is 0 Å². The minimum Gasteiger partial charge on any atom is -0.325 e. The molecular formula is C15H21ClN2O3S. The summed E-state index contributed by atoms with van der Waals surface area (Å²) in [5.41, 5.74) is 1.49. The molecule has 22 heavy (non-hydrogen) atoms. The normalized spacial score (nSPS) is 16.2. The molecular weight excluding hydrogens is 324 g/mol. The molecule has 1 aliphatic rings. The van der Waals surface area contributed by atoms with Gasteiger partial charge in [0, 0.05) is 16.8 Å². The molecule has 1 aliphatic carbocycles. The van der Waals surface area contributed by atoms with Crippen molar-refractivity contribution in [1.82, 2.24) is 4.31 Å². The number of hydrogen-bond acceptors (Lipinski definition) is 3. The Bertz CT molecular complexity index is 655. The Kier molecular flexibility index (Phi) is 5.47. The fourth-order valence-corrected chi connectivity index (χ4v) is 4.14. The van der Waals surface area contributed by atoms with Crippen molar-refractivity contribution in [2.45, 2.75) is 38.6 Å². The average Bonchev–Trinajstić information content (AvgIpc) is 2.91. The summed E-state index contributed by atoms with van der Waals surface area (Å²) in [5, 5.41) is 3.36. The molecule has 0 atom stereocenters. The van der Waals surface area contributed by atoms with Crippen LogP contribution >= 0.6 is 11.6 Å². The predicted octanol–water partition coefficient (Wildman–Crippen LogP) is 2.79. The number of halogens is 1. The van der Waals surface area contributed by atoms with Crippen LogP contribution in [0.3, 0.4) is 0 Å². The van der Waals surface area contributed by atoms with Crippen LogP contribution in [0.4, 0.5) is 5.69 Å². The molecule has 0 aromatic heterocycles. The molecule has 0 heterocycles. The number of amides is 1. The van der Waals surface area contributed by atoms with Gasteiger partial charge in [-0.25, -0.2) is 8.42 Å². The number of nitrogens with one attached hydrogen (secondary N) is 1. The van der Waals surface area contributed by atoms with Crippen LogP contribution in [0.15, 0.2) is 18.2 Å². The van der Waals surface area contributed by atoms with E-state index < -0.39 is 10.0 Å². The minimum absolute atomic E-state index is 0.0629. The van der Waals surface area contributed by atoms with Crippen molar-refractivity contribution in [1.29, 1.82) is 0 Å². The molecule has 0 aliphatic heterocycles. The maximum Gasteiger partial charge on any atom is 0.239 e. The van der Waals surface area contributed by atoms with Crippen molar-refractivity contribution in [2.24, 2.45) is 0 Å². The van der Waals surface area contributed by atoms with Gasteiger partial charge in [-0.3, -0.25) is 4.79 Å². The van der Waals surface area contributed by atoms with Crippen molar-refractivity contribution in [3.63, 3.8) is 0 Å². The fraction of sp³-hybridized carbons (Fsp3) is 0.533. The summed E-state index contributed by atoms with van der Waals surface area (Å²) in [5.74, 6) is -0.331. The van der Waals surface area contributed by atoms with Gasteiger partial charge >= 0.3 is 0 Å². The fourth-order valence-electron chi connectivity index (χ4n) is 2.81. The third-order valence-corrected chi connectivity index (χ3v) is 5.43. The van der Waals surface area contributed by atoms with E-state index in [0.29, 0.717) is 10.7 Å². The third kappa shape index (κ3) is 4.44. The van der Waals surface area contributed by atoms with E-state index in [9.17, 15) is 13.2 Å². The molecule has 1 fully saturated rings. The molecule has 1 saturated carbocycles. The van der Waals surface area contributed by atoms with Gasteiger partial charge in [-0.15, -0.1) is 0 Å². The molecule has 5 nitrogen and oxygen atoms in total. The summed E-state index contributed by atoms with van der Waals surface area (Å²) in [6.07, 6.45) is 4.82. The Balaban J connectivity index is 2.08. The molecule has 1 N–H and O–H groups in total. The minimum atomic E-state index is -3.40. The van der Waals surface area contributed by atoms with Crippen LogP contribution in [0.2, 0.25) is 5.02 Å². The van der Waals surface area contributed by atoms with Gasteiger partial charge < -0.3 is 5.32 Å². The van der Waals surface area contributed by atoms with Gasteiger partial charge in [0.05, 0.1) is 12.8 Å². The number of rotatable bonds is 5. The van der Waals surface area contributed by atoms with Crippen LogP contribution in [0.1, 0.15) is 31.2 Å². The highest BCUT2D eigenvalue weighted by Crippen LogP contribution is 2.25. The van der Waals surface area contributed by atoms with E-state index in [4.69, 9.17) is 11.6 Å². The van der Waals surface area contributed by atoms with Crippen molar-refractivity contribution < 1.29 is 13.2 Å². The third-order valence-electron chi connectivity index (χ3n) is 3.92. The van der Waals surface area contributed by atoms with E-state index in [0.717, 1.165) is 37.5 Å². The molecule has 0 spiro atoms. The van der Waals surface area contributed by atoms with Gasteiger partial charge in [0.2, 0.25) is 15.9 Å². The van der Waals surface area contributed by atoms with Gasteiger partial charge in [0.25, 0.3) is 0 Å². The smallest absolute Gasteiger partial charge is 0.239 e. The molecule has 1 amide bonds. The van der Waals surface area contributed by atoms with E-state index in [1.54, 1.807) is 18.2 Å². The summed E-state index contributed by atoms with van der Waals surface area (Å²) in [6, 6.07) is 5.10. The van der Waals surface area contributed by atoms with E-state index in [-0.39, 0.29) is 18.5 Å². The first-order chi connectivity index (χ1) is 10.3. The highest BCUT2D eigenvalue weighted by atomic mass is 35.5. The van der Waals surface area contributed by atoms with Gasteiger partial charge in [-0.05, 0) is 43.5 Å². The van der Waals surface area contributed by atoms with Crippen molar-refractivity contribution in [3.05, 3.63) is 28.8 Å². The number of benzene rings is 1. The van der Waals surface area contributed by atoms with Crippen LogP contribution < -0.4 is 5.32 Å². The number of hydrogen-bond donors (Lipinski definition) is 1. The second-order valence-electron chi connectivity index (χ2n) is 5.75. The van der Waals surface area contributed by atoms with Gasteiger partial charge in [0.1, 0.15) is 0 Å². The van der Waals surface area contributed by atoms with Gasteiger partial charge in [-0.2, -0.15) is 4.31 Å². The molecule has 0 saturated heterocycles. The molecule has 7 heteroatoms. The summed E-state index contributed by atoms with van der Waals surface area (Å²) in [6.45, 7) is 1.69. The van der Waals surface area contributed by atoms with E-state index >= 15 is 0 Å². The van der Waals surface area contributed by atoms with E-state index in [1.807, 2.05) is 6.92 Å². The van der Waals surface area contributed by atoms with Gasteiger partial charge in [0.15, 0.2) is 0 Å². The molecule has 0 unspecified atom stereocenters. The quantitative estimate of drug-likeness (QED) is 0.893. The number of aryl methyl sites for hydroxylation is 1. The molecule has 0 radical (unpaired) electrons. The van der Waals surface area contributed by atoms with Crippen LogP contribution in [-0.4, -0.2) is 37.5 Å². The Labute approximate surface area is 136 Å². The first-order valence-corrected chi connectivity index (χ1v) is 9.53.